The first-order valence-electron chi connectivity index (χ1n) is 12.8. The molecule has 4 heterocycles. The van der Waals surface area contributed by atoms with E-state index in [1.807, 2.05) is 0 Å². The Labute approximate surface area is 249 Å². The van der Waals surface area contributed by atoms with E-state index in [9.17, 15) is 48.9 Å². The fraction of sp³-hybridized carbons (Fsp3) is 0.478. The maximum absolute atomic E-state index is 12.4. The Balaban J connectivity index is 1.34. The molecule has 2 aliphatic rings. The first-order chi connectivity index (χ1) is 20.4. The van der Waals surface area contributed by atoms with E-state index in [0.717, 1.165) is 0 Å². The van der Waals surface area contributed by atoms with Gasteiger partial charge in [0, 0.05) is 19.1 Å². The monoisotopic (exact) mass is 666 g/mol. The van der Waals surface area contributed by atoms with E-state index >= 15 is 0 Å². The SMILES string of the molecule is CC1([n+]2cccc(C(N)=O)c2)O[C@H](COP(=O)(O)OP(=O)(O)OC[C@H]2OC([n+]3cccc(C(N)=O)c3)[C@H](O)[C@@H]2O)[C@@H](O)[C@H]1O. The Bertz CT molecular complexity index is 1500. The van der Waals surface area contributed by atoms with Gasteiger partial charge in [-0.15, -0.1) is 0 Å². The first-order valence-corrected chi connectivity index (χ1v) is 15.8. The lowest BCUT2D eigenvalue weighted by molar-refractivity contribution is -0.809. The third kappa shape index (κ3) is 7.38. The van der Waals surface area contributed by atoms with Crippen LogP contribution in [0.2, 0.25) is 0 Å². The van der Waals surface area contributed by atoms with Crippen LogP contribution in [-0.2, 0) is 37.7 Å². The van der Waals surface area contributed by atoms with Crippen molar-refractivity contribution in [1.82, 2.24) is 0 Å². The van der Waals surface area contributed by atoms with Crippen LogP contribution in [0, 0.1) is 0 Å². The van der Waals surface area contributed by atoms with Crippen molar-refractivity contribution in [3.05, 3.63) is 60.2 Å². The highest BCUT2D eigenvalue weighted by atomic mass is 31.3. The minimum atomic E-state index is -5.39. The Hall–Kier alpha value is -2.74. The summed E-state index contributed by atoms with van der Waals surface area (Å²) in [7, 11) is -10.8. The zero-order chi connectivity index (χ0) is 32.6. The smallest absolute Gasteiger partial charge is 0.387 e. The van der Waals surface area contributed by atoms with Crippen molar-refractivity contribution in [2.45, 2.75) is 55.5 Å². The molecular formula is C23H32N4O15P2+2. The molecule has 2 fully saturated rings. The number of carbonyl (C=O) groups excluding carboxylic acids is 2. The minimum Gasteiger partial charge on any atom is -0.387 e. The summed E-state index contributed by atoms with van der Waals surface area (Å²) in [6.07, 6.45) is -5.43. The van der Waals surface area contributed by atoms with Crippen LogP contribution in [0.25, 0.3) is 0 Å². The molecule has 44 heavy (non-hydrogen) atoms. The molecule has 0 aromatic carbocycles. The second kappa shape index (κ2) is 12.9. The number of amides is 2. The van der Waals surface area contributed by atoms with Gasteiger partial charge in [0.25, 0.3) is 23.8 Å². The Morgan fingerprint density at radius 3 is 2.02 bits per heavy atom. The molecule has 4 rings (SSSR count). The number of hydrogen-bond donors (Lipinski definition) is 8. The molecule has 2 saturated heterocycles. The predicted octanol–water partition coefficient (Wildman–Crippen LogP) is -3.18. The van der Waals surface area contributed by atoms with Crippen molar-refractivity contribution in [1.29, 1.82) is 0 Å². The highest BCUT2D eigenvalue weighted by Crippen LogP contribution is 2.60. The number of aromatic nitrogens is 2. The first kappa shape index (κ1) is 34.1. The van der Waals surface area contributed by atoms with Crippen LogP contribution < -0.4 is 20.6 Å². The van der Waals surface area contributed by atoms with Crippen LogP contribution in [0.1, 0.15) is 33.9 Å². The number of ether oxygens (including phenoxy) is 2. The number of rotatable bonds is 12. The number of nitrogens with two attached hydrogens (primary N) is 2. The van der Waals surface area contributed by atoms with Crippen molar-refractivity contribution in [3.8, 4) is 0 Å². The second-order valence-corrected chi connectivity index (χ2v) is 13.1. The van der Waals surface area contributed by atoms with Gasteiger partial charge in [-0.2, -0.15) is 13.4 Å². The summed E-state index contributed by atoms with van der Waals surface area (Å²) in [6.45, 7) is -0.475. The Morgan fingerprint density at radius 1 is 0.886 bits per heavy atom. The Kier molecular flexibility index (Phi) is 10.0. The molecule has 0 saturated carbocycles. The van der Waals surface area contributed by atoms with Gasteiger partial charge in [0.2, 0.25) is 0 Å². The molecule has 242 valence electrons. The maximum atomic E-state index is 12.4. The molecular weight excluding hydrogens is 634 g/mol. The molecule has 2 aromatic heterocycles. The molecule has 0 bridgehead atoms. The largest absolute Gasteiger partial charge is 0.481 e. The normalized spacial score (nSPS) is 33.0. The average molecular weight is 666 g/mol. The number of aliphatic hydroxyl groups excluding tert-OH is 4. The van der Waals surface area contributed by atoms with E-state index < -0.39 is 89.3 Å². The van der Waals surface area contributed by atoms with Crippen LogP contribution in [0.15, 0.2) is 49.1 Å². The van der Waals surface area contributed by atoms with Crippen LogP contribution in [0.5, 0.6) is 0 Å². The number of primary amides is 2. The zero-order valence-corrected chi connectivity index (χ0v) is 24.7. The van der Waals surface area contributed by atoms with Crippen molar-refractivity contribution >= 4 is 27.5 Å². The highest BCUT2D eigenvalue weighted by molar-refractivity contribution is 7.61. The zero-order valence-electron chi connectivity index (χ0n) is 22.9. The number of nitrogens with zero attached hydrogens (tertiary/aromatic N) is 2. The molecule has 0 aliphatic carbocycles. The quantitative estimate of drug-likeness (QED) is 0.0818. The number of aliphatic hydroxyl groups is 4. The molecule has 2 amide bonds. The molecule has 0 spiro atoms. The summed E-state index contributed by atoms with van der Waals surface area (Å²) in [5.41, 5.74) is 8.94. The summed E-state index contributed by atoms with van der Waals surface area (Å²) in [4.78, 5) is 43.0. The van der Waals surface area contributed by atoms with Crippen LogP contribution >= 0.6 is 15.6 Å². The van der Waals surface area contributed by atoms with Gasteiger partial charge >= 0.3 is 15.6 Å². The van der Waals surface area contributed by atoms with Gasteiger partial charge in [0.15, 0.2) is 37.0 Å². The van der Waals surface area contributed by atoms with E-state index in [4.69, 9.17) is 25.5 Å². The molecule has 10 atom stereocenters. The van der Waals surface area contributed by atoms with Crippen molar-refractivity contribution in [2.24, 2.45) is 11.5 Å². The average Bonchev–Trinajstić information content (AvgIpc) is 3.37. The molecule has 2 aliphatic heterocycles. The summed E-state index contributed by atoms with van der Waals surface area (Å²) in [5.74, 6) is -1.54. The molecule has 2 aromatic rings. The van der Waals surface area contributed by atoms with E-state index in [2.05, 4.69) is 8.83 Å². The third-order valence-corrected chi connectivity index (χ3v) is 9.59. The van der Waals surface area contributed by atoms with Gasteiger partial charge in [-0.05, 0) is 12.1 Å². The molecule has 19 nitrogen and oxygen atoms in total. The van der Waals surface area contributed by atoms with Crippen molar-refractivity contribution in [2.75, 3.05) is 13.2 Å². The molecule has 0 radical (unpaired) electrons. The van der Waals surface area contributed by atoms with Gasteiger partial charge < -0.3 is 51.2 Å². The summed E-state index contributed by atoms with van der Waals surface area (Å²) >= 11 is 0. The number of carbonyl (C=O) groups is 2. The van der Waals surface area contributed by atoms with Crippen molar-refractivity contribution < 1.29 is 80.9 Å². The number of phosphoric ester groups is 2. The van der Waals surface area contributed by atoms with Crippen LogP contribution in [0.3, 0.4) is 0 Å². The second-order valence-electron chi connectivity index (χ2n) is 10.1. The van der Waals surface area contributed by atoms with E-state index in [1.54, 1.807) is 0 Å². The van der Waals surface area contributed by atoms with E-state index in [-0.39, 0.29) is 11.1 Å². The van der Waals surface area contributed by atoms with Crippen LogP contribution in [-0.4, -0.2) is 91.9 Å². The van der Waals surface area contributed by atoms with Gasteiger partial charge in [0.05, 0.1) is 13.2 Å². The summed E-state index contributed by atoms with van der Waals surface area (Å²) in [5, 5.41) is 41.8. The minimum absolute atomic E-state index is 0.0577. The lowest BCUT2D eigenvalue weighted by Gasteiger charge is -2.22. The van der Waals surface area contributed by atoms with Gasteiger partial charge in [-0.25, -0.2) is 9.13 Å². The van der Waals surface area contributed by atoms with Gasteiger partial charge in [-0.1, -0.05) is 0 Å². The predicted molar refractivity (Wildman–Crippen MR) is 139 cm³/mol. The molecule has 10 N–H and O–H groups in total. The third-order valence-electron chi connectivity index (χ3n) is 6.99. The molecule has 21 heteroatoms. The van der Waals surface area contributed by atoms with Crippen molar-refractivity contribution in [3.63, 3.8) is 0 Å². The number of phosphoric acid groups is 2. The molecule has 4 unspecified atom stereocenters. The topological polar surface area (TPSA) is 296 Å². The number of pyridine rings is 2. The van der Waals surface area contributed by atoms with E-state index in [1.165, 1.54) is 65.1 Å². The fourth-order valence-corrected chi connectivity index (χ4v) is 6.72. The fourth-order valence-electron chi connectivity index (χ4n) is 4.63. The summed E-state index contributed by atoms with van der Waals surface area (Å²) < 4.78 is 52.1. The van der Waals surface area contributed by atoms with E-state index in [0.29, 0.717) is 0 Å². The standard InChI is InChI=1S/C23H30N4O15P2/c1-23(27-7-3-5-13(9-27)21(25)33)19(31)17(29)15(41-23)11-39-44(36,37)42-43(34,35)38-10-14-16(28)18(30)22(40-14)26-6-2-4-12(8-26)20(24)32/h2-9,14-19,22,28-31H,10-11H2,1H3,(H4-2,24,25,32,33,34,35,36,37)/p+2/t14-,15-,16-,17-,18-,19-,22?,23?/m1/s1. The van der Waals surface area contributed by atoms with Gasteiger partial charge in [0.1, 0.15) is 35.5 Å². The van der Waals surface area contributed by atoms with Crippen LogP contribution in [0.4, 0.5) is 0 Å². The lowest BCUT2D eigenvalue weighted by Crippen LogP contribution is -2.61. The van der Waals surface area contributed by atoms with Gasteiger partial charge in [-0.3, -0.25) is 18.6 Å². The number of hydrogen-bond acceptors (Lipinski definition) is 13. The lowest BCUT2D eigenvalue weighted by atomic mass is 10.0. The highest BCUT2D eigenvalue weighted by Gasteiger charge is 2.59. The maximum Gasteiger partial charge on any atom is 0.481 e. The Morgan fingerprint density at radius 2 is 1.43 bits per heavy atom. The summed E-state index contributed by atoms with van der Waals surface area (Å²) in [6, 6.07) is 5.66.